The summed E-state index contributed by atoms with van der Waals surface area (Å²) < 4.78 is 14.5. The standard InChI is InChI=1S/C15H14BrFN4/c1-15(2,3)14-20-12(16)7-13(21-14)19-11-5-4-9(8-18)6-10(11)17/h4-7H,1-3H3,(H,19,20,21). The maximum absolute atomic E-state index is 13.9. The number of hydrogen-bond acceptors (Lipinski definition) is 4. The van der Waals surface area contributed by atoms with Crippen molar-refractivity contribution in [2.75, 3.05) is 5.32 Å². The molecule has 0 fully saturated rings. The number of nitrogens with zero attached hydrogens (tertiary/aromatic N) is 3. The molecular formula is C15H14BrFN4. The summed E-state index contributed by atoms with van der Waals surface area (Å²) in [6.45, 7) is 6.00. The minimum atomic E-state index is -0.499. The highest BCUT2D eigenvalue weighted by Crippen LogP contribution is 2.25. The second-order valence-electron chi connectivity index (χ2n) is 5.58. The third-order valence-corrected chi connectivity index (χ3v) is 3.13. The van der Waals surface area contributed by atoms with Crippen LogP contribution in [0.2, 0.25) is 0 Å². The average molecular weight is 349 g/mol. The first-order valence-electron chi connectivity index (χ1n) is 6.31. The molecule has 0 amide bonds. The van der Waals surface area contributed by atoms with Crippen LogP contribution in [0.1, 0.15) is 32.2 Å². The lowest BCUT2D eigenvalue weighted by Crippen LogP contribution is -2.17. The molecule has 1 aromatic carbocycles. The molecule has 108 valence electrons. The van der Waals surface area contributed by atoms with Crippen LogP contribution in [-0.2, 0) is 5.41 Å². The molecule has 0 aliphatic heterocycles. The molecule has 1 N–H and O–H groups in total. The average Bonchev–Trinajstić information content (AvgIpc) is 2.39. The van der Waals surface area contributed by atoms with Crippen LogP contribution in [0.4, 0.5) is 15.9 Å². The Morgan fingerprint density at radius 3 is 2.52 bits per heavy atom. The first-order valence-corrected chi connectivity index (χ1v) is 7.10. The van der Waals surface area contributed by atoms with Crippen molar-refractivity contribution in [1.82, 2.24) is 9.97 Å². The Balaban J connectivity index is 2.36. The van der Waals surface area contributed by atoms with Crippen molar-refractivity contribution >= 4 is 27.4 Å². The van der Waals surface area contributed by atoms with Gasteiger partial charge in [0.1, 0.15) is 22.1 Å². The molecule has 0 aliphatic rings. The second-order valence-corrected chi connectivity index (χ2v) is 6.39. The Bertz CT molecular complexity index is 717. The van der Waals surface area contributed by atoms with Crippen LogP contribution in [0, 0.1) is 17.1 Å². The molecule has 4 nitrogen and oxygen atoms in total. The monoisotopic (exact) mass is 348 g/mol. The van der Waals surface area contributed by atoms with Gasteiger partial charge in [0.05, 0.1) is 17.3 Å². The highest BCUT2D eigenvalue weighted by atomic mass is 79.9. The summed E-state index contributed by atoms with van der Waals surface area (Å²) in [7, 11) is 0. The van der Waals surface area contributed by atoms with E-state index in [9.17, 15) is 4.39 Å². The molecule has 6 heteroatoms. The van der Waals surface area contributed by atoms with E-state index in [1.54, 1.807) is 12.1 Å². The molecule has 0 bridgehead atoms. The Morgan fingerprint density at radius 1 is 1.24 bits per heavy atom. The van der Waals surface area contributed by atoms with Crippen molar-refractivity contribution in [3.05, 3.63) is 46.1 Å². The summed E-state index contributed by atoms with van der Waals surface area (Å²) in [5.41, 5.74) is 0.320. The minimum Gasteiger partial charge on any atom is -0.338 e. The highest BCUT2D eigenvalue weighted by Gasteiger charge is 2.19. The fourth-order valence-electron chi connectivity index (χ4n) is 1.64. The zero-order chi connectivity index (χ0) is 15.6. The first kappa shape index (κ1) is 15.4. The maximum atomic E-state index is 13.9. The van der Waals surface area contributed by atoms with E-state index in [-0.39, 0.29) is 16.7 Å². The number of hydrogen-bond donors (Lipinski definition) is 1. The lowest BCUT2D eigenvalue weighted by Gasteiger charge is -2.18. The smallest absolute Gasteiger partial charge is 0.147 e. The van der Waals surface area contributed by atoms with Gasteiger partial charge in [-0.15, -0.1) is 0 Å². The van der Waals surface area contributed by atoms with Gasteiger partial charge in [-0.2, -0.15) is 5.26 Å². The van der Waals surface area contributed by atoms with E-state index in [0.29, 0.717) is 16.2 Å². The van der Waals surface area contributed by atoms with Crippen molar-refractivity contribution in [3.8, 4) is 6.07 Å². The number of nitriles is 1. The van der Waals surface area contributed by atoms with Crippen LogP contribution >= 0.6 is 15.9 Å². The lowest BCUT2D eigenvalue weighted by atomic mass is 9.96. The molecule has 2 aromatic rings. The minimum absolute atomic E-state index is 0.219. The van der Waals surface area contributed by atoms with Crippen molar-refractivity contribution in [2.24, 2.45) is 0 Å². The van der Waals surface area contributed by atoms with Gasteiger partial charge in [0.25, 0.3) is 0 Å². The van der Waals surface area contributed by atoms with E-state index in [2.05, 4.69) is 31.2 Å². The van der Waals surface area contributed by atoms with Gasteiger partial charge in [-0.1, -0.05) is 20.8 Å². The third-order valence-electron chi connectivity index (χ3n) is 2.73. The summed E-state index contributed by atoms with van der Waals surface area (Å²) >= 11 is 3.33. The Kier molecular flexibility index (Phi) is 4.24. The van der Waals surface area contributed by atoms with E-state index < -0.39 is 5.82 Å². The molecule has 0 aliphatic carbocycles. The number of rotatable bonds is 2. The number of benzene rings is 1. The Hall–Kier alpha value is -2.00. The fraction of sp³-hybridized carbons (Fsp3) is 0.267. The topological polar surface area (TPSA) is 61.6 Å². The predicted octanol–water partition coefficient (Wildman–Crippen LogP) is 4.29. The molecule has 0 radical (unpaired) electrons. The summed E-state index contributed by atoms with van der Waals surface area (Å²) in [6.07, 6.45) is 0. The number of anilines is 2. The first-order chi connectivity index (χ1) is 9.79. The van der Waals surface area contributed by atoms with Crippen LogP contribution in [0.3, 0.4) is 0 Å². The molecule has 21 heavy (non-hydrogen) atoms. The molecule has 0 saturated carbocycles. The molecule has 1 aromatic heterocycles. The van der Waals surface area contributed by atoms with Crippen LogP contribution in [0.15, 0.2) is 28.9 Å². The van der Waals surface area contributed by atoms with E-state index in [1.165, 1.54) is 12.1 Å². The fourth-order valence-corrected chi connectivity index (χ4v) is 2.03. The third kappa shape index (κ3) is 3.76. The zero-order valence-electron chi connectivity index (χ0n) is 11.9. The maximum Gasteiger partial charge on any atom is 0.147 e. The number of aromatic nitrogens is 2. The largest absolute Gasteiger partial charge is 0.338 e. The van der Waals surface area contributed by atoms with Crippen LogP contribution in [-0.4, -0.2) is 9.97 Å². The number of halogens is 2. The van der Waals surface area contributed by atoms with Crippen molar-refractivity contribution < 1.29 is 4.39 Å². The Morgan fingerprint density at radius 2 is 1.95 bits per heavy atom. The summed E-state index contributed by atoms with van der Waals surface area (Å²) in [5.74, 6) is 0.639. The molecule has 2 rings (SSSR count). The van der Waals surface area contributed by atoms with Crippen molar-refractivity contribution in [1.29, 1.82) is 5.26 Å². The van der Waals surface area contributed by atoms with E-state index >= 15 is 0 Å². The SMILES string of the molecule is CC(C)(C)c1nc(Br)cc(Nc2ccc(C#N)cc2F)n1. The van der Waals surface area contributed by atoms with Gasteiger partial charge in [0.15, 0.2) is 0 Å². The van der Waals surface area contributed by atoms with E-state index in [4.69, 9.17) is 5.26 Å². The molecule has 1 heterocycles. The van der Waals surface area contributed by atoms with Gasteiger partial charge >= 0.3 is 0 Å². The van der Waals surface area contributed by atoms with Crippen LogP contribution in [0.25, 0.3) is 0 Å². The highest BCUT2D eigenvalue weighted by molar-refractivity contribution is 9.10. The van der Waals surface area contributed by atoms with Gasteiger partial charge in [-0.3, -0.25) is 0 Å². The predicted molar refractivity (Wildman–Crippen MR) is 82.8 cm³/mol. The second kappa shape index (κ2) is 5.78. The van der Waals surface area contributed by atoms with Crippen LogP contribution < -0.4 is 5.32 Å². The summed E-state index contributed by atoms with van der Waals surface area (Å²) in [5, 5.41) is 11.7. The van der Waals surface area contributed by atoms with Crippen LogP contribution in [0.5, 0.6) is 0 Å². The molecule has 0 saturated heterocycles. The molecule has 0 unspecified atom stereocenters. The molecule has 0 atom stereocenters. The summed E-state index contributed by atoms with van der Waals surface area (Å²) in [4.78, 5) is 8.73. The lowest BCUT2D eigenvalue weighted by molar-refractivity contribution is 0.544. The molecule has 0 spiro atoms. The van der Waals surface area contributed by atoms with Gasteiger partial charge in [-0.25, -0.2) is 14.4 Å². The molecular weight excluding hydrogens is 335 g/mol. The Labute approximate surface area is 131 Å². The van der Waals surface area contributed by atoms with Gasteiger partial charge < -0.3 is 5.32 Å². The van der Waals surface area contributed by atoms with Gasteiger partial charge in [0, 0.05) is 11.5 Å². The van der Waals surface area contributed by atoms with E-state index in [1.807, 2.05) is 26.8 Å². The normalized spacial score (nSPS) is 11.0. The quantitative estimate of drug-likeness (QED) is 0.822. The van der Waals surface area contributed by atoms with Crippen molar-refractivity contribution in [2.45, 2.75) is 26.2 Å². The van der Waals surface area contributed by atoms with Gasteiger partial charge in [-0.05, 0) is 34.1 Å². The van der Waals surface area contributed by atoms with Gasteiger partial charge in [0.2, 0.25) is 0 Å². The summed E-state index contributed by atoms with van der Waals surface area (Å²) in [6, 6.07) is 7.82. The zero-order valence-corrected chi connectivity index (χ0v) is 13.5. The van der Waals surface area contributed by atoms with Crippen molar-refractivity contribution in [3.63, 3.8) is 0 Å². The number of nitrogens with one attached hydrogen (secondary N) is 1. The van der Waals surface area contributed by atoms with E-state index in [0.717, 1.165) is 0 Å².